The van der Waals surface area contributed by atoms with Crippen LogP contribution >= 0.6 is 22.9 Å². The van der Waals surface area contributed by atoms with Crippen LogP contribution in [0.5, 0.6) is 0 Å². The number of ketones is 1. The number of carbonyl (C=O) groups is 1. The van der Waals surface area contributed by atoms with E-state index < -0.39 is 0 Å². The summed E-state index contributed by atoms with van der Waals surface area (Å²) in [5, 5.41) is 0. The molecule has 0 N–H and O–H groups in total. The van der Waals surface area contributed by atoms with Crippen LogP contribution in [0.15, 0.2) is 0 Å². The Morgan fingerprint density at radius 2 is 2.18 bits per heavy atom. The maximum absolute atomic E-state index is 11.2. The Bertz CT molecular complexity index is 179. The van der Waals surface area contributed by atoms with Crippen LogP contribution < -0.4 is 0 Å². The lowest BCUT2D eigenvalue weighted by Gasteiger charge is -2.22. The molecule has 0 bridgehead atoms. The fourth-order valence-electron chi connectivity index (χ4n) is 1.74. The van der Waals surface area contributed by atoms with Crippen LogP contribution in [-0.4, -0.2) is 22.0 Å². The molecule has 1 atom stereocenters. The molecule has 1 aliphatic heterocycles. The third kappa shape index (κ3) is 1.93. The van der Waals surface area contributed by atoms with Gasteiger partial charge in [0.15, 0.2) is 0 Å². The Labute approximate surface area is 81.8 Å². The van der Waals surface area contributed by atoms with Crippen molar-refractivity contribution in [2.45, 2.75) is 20.8 Å². The van der Waals surface area contributed by atoms with E-state index in [1.54, 1.807) is 6.92 Å². The summed E-state index contributed by atoms with van der Waals surface area (Å²) < 4.78 is 2.20. The van der Waals surface area contributed by atoms with Crippen molar-refractivity contribution in [3.63, 3.8) is 0 Å². The third-order valence-corrected chi connectivity index (χ3v) is 3.13. The molecular weight excluding hydrogens is 253 g/mol. The van der Waals surface area contributed by atoms with Crippen molar-refractivity contribution < 1.29 is 4.79 Å². The minimum absolute atomic E-state index is 0.174. The number of nitrogens with zero attached hydrogens (tertiary/aromatic N) is 1. The number of carbonyl (C=O) groups excluding carboxylic acids is 1. The van der Waals surface area contributed by atoms with Crippen LogP contribution in [-0.2, 0) is 4.79 Å². The molecular formula is C8H14INO. The van der Waals surface area contributed by atoms with E-state index in [-0.39, 0.29) is 11.3 Å². The van der Waals surface area contributed by atoms with Gasteiger partial charge in [-0.15, -0.1) is 0 Å². The highest BCUT2D eigenvalue weighted by molar-refractivity contribution is 14.1. The van der Waals surface area contributed by atoms with Gasteiger partial charge in [-0.25, -0.2) is 3.11 Å². The third-order valence-electron chi connectivity index (χ3n) is 2.39. The molecule has 0 amide bonds. The highest BCUT2D eigenvalue weighted by Crippen LogP contribution is 2.37. The Kier molecular flexibility index (Phi) is 2.59. The van der Waals surface area contributed by atoms with E-state index in [9.17, 15) is 4.79 Å². The lowest BCUT2D eigenvalue weighted by atomic mass is 9.80. The zero-order valence-electron chi connectivity index (χ0n) is 7.22. The second-order valence-electron chi connectivity index (χ2n) is 3.96. The standard InChI is InChI=1S/C8H14INO/c1-6(11)7-4-10(9)5-8(7,2)3/h7H,4-5H2,1-3H3/t7-/m1/s1. The van der Waals surface area contributed by atoms with E-state index in [0.717, 1.165) is 13.1 Å². The van der Waals surface area contributed by atoms with Gasteiger partial charge >= 0.3 is 0 Å². The summed E-state index contributed by atoms with van der Waals surface area (Å²) in [5.74, 6) is 0.563. The van der Waals surface area contributed by atoms with Crippen molar-refractivity contribution in [1.29, 1.82) is 0 Å². The highest BCUT2D eigenvalue weighted by atomic mass is 127. The first-order valence-corrected chi connectivity index (χ1v) is 4.81. The summed E-state index contributed by atoms with van der Waals surface area (Å²) in [6, 6.07) is 0. The van der Waals surface area contributed by atoms with E-state index in [2.05, 4.69) is 39.8 Å². The molecule has 1 fully saturated rings. The molecule has 0 aliphatic carbocycles. The van der Waals surface area contributed by atoms with Gasteiger partial charge in [0, 0.05) is 41.9 Å². The van der Waals surface area contributed by atoms with Crippen LogP contribution in [0.4, 0.5) is 0 Å². The second-order valence-corrected chi connectivity index (χ2v) is 5.32. The highest BCUT2D eigenvalue weighted by Gasteiger charge is 2.40. The van der Waals surface area contributed by atoms with Gasteiger partial charge in [-0.1, -0.05) is 13.8 Å². The summed E-state index contributed by atoms with van der Waals surface area (Å²) in [6.45, 7) is 7.97. The smallest absolute Gasteiger partial charge is 0.134 e. The van der Waals surface area contributed by atoms with Crippen LogP contribution in [0, 0.1) is 11.3 Å². The molecule has 1 rings (SSSR count). The lowest BCUT2D eigenvalue weighted by molar-refractivity contribution is -0.122. The van der Waals surface area contributed by atoms with Crippen LogP contribution in [0.25, 0.3) is 0 Å². The number of halogens is 1. The predicted octanol–water partition coefficient (Wildman–Crippen LogP) is 1.88. The molecule has 1 aliphatic rings. The van der Waals surface area contributed by atoms with E-state index in [1.165, 1.54) is 0 Å². The topological polar surface area (TPSA) is 20.3 Å². The number of Topliss-reactive ketones (excluding diaryl/α,β-unsaturated/α-hetero) is 1. The van der Waals surface area contributed by atoms with Crippen molar-refractivity contribution in [3.8, 4) is 0 Å². The van der Waals surface area contributed by atoms with Gasteiger partial charge in [0.2, 0.25) is 0 Å². The minimum Gasteiger partial charge on any atom is -0.300 e. The summed E-state index contributed by atoms with van der Waals surface area (Å²) in [4.78, 5) is 11.2. The van der Waals surface area contributed by atoms with E-state index in [1.807, 2.05) is 0 Å². The molecule has 64 valence electrons. The van der Waals surface area contributed by atoms with Crippen molar-refractivity contribution in [1.82, 2.24) is 3.11 Å². The average Bonchev–Trinajstić information content (AvgIpc) is 2.04. The Morgan fingerprint density at radius 3 is 2.36 bits per heavy atom. The van der Waals surface area contributed by atoms with E-state index in [4.69, 9.17) is 0 Å². The lowest BCUT2D eigenvalue weighted by Crippen LogP contribution is -2.27. The summed E-state index contributed by atoms with van der Waals surface area (Å²) >= 11 is 2.29. The SMILES string of the molecule is CC(=O)[C@H]1CN(I)CC1(C)C. The number of hydrogen-bond acceptors (Lipinski definition) is 2. The Hall–Kier alpha value is 0.360. The van der Waals surface area contributed by atoms with Gasteiger partial charge in [0.05, 0.1) is 0 Å². The van der Waals surface area contributed by atoms with Crippen LogP contribution in [0.3, 0.4) is 0 Å². The summed E-state index contributed by atoms with van der Waals surface area (Å²) in [6.07, 6.45) is 0. The normalized spacial score (nSPS) is 30.7. The first-order chi connectivity index (χ1) is 4.93. The van der Waals surface area contributed by atoms with Crippen molar-refractivity contribution >= 4 is 28.6 Å². The van der Waals surface area contributed by atoms with Crippen molar-refractivity contribution in [2.24, 2.45) is 11.3 Å². The quantitative estimate of drug-likeness (QED) is 0.534. The first-order valence-electron chi connectivity index (χ1n) is 3.84. The molecule has 0 spiro atoms. The van der Waals surface area contributed by atoms with Gasteiger partial charge in [-0.05, 0) is 12.3 Å². The molecule has 3 heteroatoms. The fraction of sp³-hybridized carbons (Fsp3) is 0.875. The van der Waals surface area contributed by atoms with Crippen molar-refractivity contribution in [2.75, 3.05) is 13.1 Å². The Morgan fingerprint density at radius 1 is 1.64 bits per heavy atom. The molecule has 11 heavy (non-hydrogen) atoms. The van der Waals surface area contributed by atoms with Crippen LogP contribution in [0.2, 0.25) is 0 Å². The van der Waals surface area contributed by atoms with Gasteiger partial charge in [0.25, 0.3) is 0 Å². The monoisotopic (exact) mass is 267 g/mol. The molecule has 0 aromatic rings. The maximum atomic E-state index is 11.2. The maximum Gasteiger partial charge on any atom is 0.134 e. The largest absolute Gasteiger partial charge is 0.300 e. The Balaban J connectivity index is 2.74. The zero-order valence-corrected chi connectivity index (χ0v) is 9.38. The molecule has 0 unspecified atom stereocenters. The molecule has 2 nitrogen and oxygen atoms in total. The van der Waals surface area contributed by atoms with Gasteiger partial charge < -0.3 is 0 Å². The minimum atomic E-state index is 0.174. The number of hydrogen-bond donors (Lipinski definition) is 0. The van der Waals surface area contributed by atoms with Crippen LogP contribution in [0.1, 0.15) is 20.8 Å². The zero-order chi connectivity index (χ0) is 8.65. The molecule has 0 aromatic carbocycles. The molecule has 0 radical (unpaired) electrons. The first kappa shape index (κ1) is 9.45. The van der Waals surface area contributed by atoms with Gasteiger partial charge in [-0.2, -0.15) is 0 Å². The van der Waals surface area contributed by atoms with Crippen molar-refractivity contribution in [3.05, 3.63) is 0 Å². The molecule has 0 aromatic heterocycles. The average molecular weight is 267 g/mol. The van der Waals surface area contributed by atoms with E-state index in [0.29, 0.717) is 5.78 Å². The fourth-order valence-corrected chi connectivity index (χ4v) is 3.01. The van der Waals surface area contributed by atoms with E-state index >= 15 is 0 Å². The molecule has 0 saturated carbocycles. The predicted molar refractivity (Wildman–Crippen MR) is 53.5 cm³/mol. The summed E-state index contributed by atoms with van der Waals surface area (Å²) in [5.41, 5.74) is 0.174. The van der Waals surface area contributed by atoms with Gasteiger partial charge in [0.1, 0.15) is 5.78 Å². The second kappa shape index (κ2) is 3.01. The number of rotatable bonds is 1. The molecule has 1 heterocycles. The van der Waals surface area contributed by atoms with Gasteiger partial charge in [-0.3, -0.25) is 4.79 Å². The molecule has 1 saturated heterocycles. The summed E-state index contributed by atoms with van der Waals surface area (Å²) in [7, 11) is 0.